The first-order chi connectivity index (χ1) is 14.2. The number of nitrogens with one attached hydrogen (secondary N) is 1. The Kier molecular flexibility index (Phi) is 6.40. The van der Waals surface area contributed by atoms with Crippen molar-refractivity contribution < 1.29 is 32.2 Å². The average molecular weight is 484 g/mol. The summed E-state index contributed by atoms with van der Waals surface area (Å²) in [5.74, 6) is -0.471. The summed E-state index contributed by atoms with van der Waals surface area (Å²) < 4.78 is 51.4. The van der Waals surface area contributed by atoms with Crippen molar-refractivity contribution >= 4 is 33.5 Å². The normalized spacial score (nSPS) is 11.0. The van der Waals surface area contributed by atoms with Crippen molar-refractivity contribution in [2.75, 3.05) is 12.4 Å². The Hall–Kier alpha value is -3.34. The number of nitrogens with zero attached hydrogens (tertiary/aromatic N) is 2. The number of para-hydroxylation sites is 1. The molecule has 30 heavy (non-hydrogen) atoms. The van der Waals surface area contributed by atoms with E-state index in [2.05, 4.69) is 36.0 Å². The van der Waals surface area contributed by atoms with Gasteiger partial charge in [-0.05, 0) is 52.3 Å². The van der Waals surface area contributed by atoms with Crippen molar-refractivity contribution in [2.24, 2.45) is 0 Å². The van der Waals surface area contributed by atoms with Gasteiger partial charge in [0.15, 0.2) is 0 Å². The maximum absolute atomic E-state index is 12.2. The zero-order chi connectivity index (χ0) is 21.7. The van der Waals surface area contributed by atoms with Crippen molar-refractivity contribution in [3.05, 3.63) is 64.8 Å². The molecule has 0 aliphatic rings. The summed E-state index contributed by atoms with van der Waals surface area (Å²) in [6.45, 7) is 0. The van der Waals surface area contributed by atoms with Crippen LogP contribution in [0.15, 0.2) is 59.2 Å². The third-order valence-electron chi connectivity index (χ3n) is 3.55. The number of ether oxygens (including phenoxy) is 3. The van der Waals surface area contributed by atoms with Crippen molar-refractivity contribution in [1.82, 2.24) is 9.97 Å². The molecule has 0 bridgehead atoms. The highest BCUT2D eigenvalue weighted by molar-refractivity contribution is 9.10. The number of alkyl halides is 3. The number of hydrogen-bond acceptors (Lipinski definition) is 7. The number of aromatic nitrogens is 2. The molecule has 0 saturated carbocycles. The number of carbonyl (C=O) groups is 1. The molecule has 3 rings (SSSR count). The first-order valence-electron chi connectivity index (χ1n) is 8.26. The van der Waals surface area contributed by atoms with E-state index in [-0.39, 0.29) is 28.9 Å². The largest absolute Gasteiger partial charge is 0.573 e. The van der Waals surface area contributed by atoms with E-state index in [1.807, 2.05) is 0 Å². The number of carbonyl (C=O) groups excluding carboxylic acids is 1. The molecule has 2 aromatic carbocycles. The van der Waals surface area contributed by atoms with Crippen LogP contribution in [-0.4, -0.2) is 29.4 Å². The highest BCUT2D eigenvalue weighted by Gasteiger charge is 2.31. The van der Waals surface area contributed by atoms with Crippen molar-refractivity contribution in [2.45, 2.75) is 6.36 Å². The molecule has 0 saturated heterocycles. The lowest BCUT2D eigenvalue weighted by molar-refractivity contribution is -0.274. The third-order valence-corrected chi connectivity index (χ3v) is 4.10. The Morgan fingerprint density at radius 2 is 1.80 bits per heavy atom. The fourth-order valence-corrected chi connectivity index (χ4v) is 2.56. The first-order valence-corrected chi connectivity index (χ1v) is 9.05. The van der Waals surface area contributed by atoms with Gasteiger partial charge in [0.05, 0.1) is 17.8 Å². The van der Waals surface area contributed by atoms with Crippen molar-refractivity contribution in [3.8, 4) is 17.4 Å². The summed E-state index contributed by atoms with van der Waals surface area (Å²) in [6, 6.07) is 11.5. The third kappa shape index (κ3) is 5.60. The van der Waals surface area contributed by atoms with Gasteiger partial charge in [-0.1, -0.05) is 12.1 Å². The number of benzene rings is 2. The maximum atomic E-state index is 12.2. The first kappa shape index (κ1) is 21.4. The van der Waals surface area contributed by atoms with E-state index >= 15 is 0 Å². The van der Waals surface area contributed by atoms with Gasteiger partial charge in [-0.3, -0.25) is 0 Å². The molecule has 0 amide bonds. The van der Waals surface area contributed by atoms with E-state index in [4.69, 9.17) is 9.47 Å². The molecule has 7 nitrogen and oxygen atoms in total. The van der Waals surface area contributed by atoms with E-state index in [9.17, 15) is 18.0 Å². The number of hydrogen-bond donors (Lipinski definition) is 1. The van der Waals surface area contributed by atoms with Gasteiger partial charge in [-0.2, -0.15) is 4.98 Å². The smallest absolute Gasteiger partial charge is 0.465 e. The van der Waals surface area contributed by atoms with Crippen LogP contribution < -0.4 is 14.8 Å². The average Bonchev–Trinajstić information content (AvgIpc) is 2.71. The molecule has 3 aromatic rings. The Morgan fingerprint density at radius 3 is 2.47 bits per heavy atom. The number of esters is 1. The monoisotopic (exact) mass is 483 g/mol. The molecule has 156 valence electrons. The van der Waals surface area contributed by atoms with Crippen LogP contribution in [0.25, 0.3) is 0 Å². The van der Waals surface area contributed by atoms with Crippen LogP contribution in [0.1, 0.15) is 10.4 Å². The minimum absolute atomic E-state index is 0.112. The topological polar surface area (TPSA) is 82.6 Å². The summed E-state index contributed by atoms with van der Waals surface area (Å²) in [7, 11) is 1.26. The number of anilines is 2. The Morgan fingerprint density at radius 1 is 1.10 bits per heavy atom. The standard InChI is InChI=1S/C19H13BrF3N3O4/c1-28-17(27)13-4-2-3-5-15(13)29-16-14(20)10-24-18(26-16)25-11-6-8-12(9-7-11)30-19(21,22)23/h2-10H,1H3,(H,24,25,26). The maximum Gasteiger partial charge on any atom is 0.573 e. The highest BCUT2D eigenvalue weighted by atomic mass is 79.9. The van der Waals surface area contributed by atoms with Gasteiger partial charge >= 0.3 is 12.3 Å². The molecule has 0 spiro atoms. The SMILES string of the molecule is COC(=O)c1ccccc1Oc1nc(Nc2ccc(OC(F)(F)F)cc2)ncc1Br. The van der Waals surface area contributed by atoms with Gasteiger partial charge in [0.1, 0.15) is 17.1 Å². The van der Waals surface area contributed by atoms with Crippen LogP contribution in [0.5, 0.6) is 17.4 Å². The van der Waals surface area contributed by atoms with E-state index < -0.39 is 12.3 Å². The van der Waals surface area contributed by atoms with Crippen LogP contribution >= 0.6 is 15.9 Å². The molecule has 1 heterocycles. The molecule has 0 atom stereocenters. The van der Waals surface area contributed by atoms with Crippen LogP contribution in [0.4, 0.5) is 24.8 Å². The molecule has 0 aliphatic heterocycles. The van der Waals surface area contributed by atoms with Gasteiger partial charge in [0, 0.05) is 5.69 Å². The summed E-state index contributed by atoms with van der Waals surface area (Å²) in [5, 5.41) is 2.84. The summed E-state index contributed by atoms with van der Waals surface area (Å²) >= 11 is 3.27. The summed E-state index contributed by atoms with van der Waals surface area (Å²) in [6.07, 6.45) is -3.34. The lowest BCUT2D eigenvalue weighted by Crippen LogP contribution is -2.17. The fraction of sp³-hybridized carbons (Fsp3) is 0.105. The second-order valence-corrected chi connectivity index (χ2v) is 6.49. The minimum Gasteiger partial charge on any atom is -0.465 e. The zero-order valence-electron chi connectivity index (χ0n) is 15.2. The lowest BCUT2D eigenvalue weighted by Gasteiger charge is -2.12. The van der Waals surface area contributed by atoms with Gasteiger partial charge in [-0.25, -0.2) is 9.78 Å². The summed E-state index contributed by atoms with van der Waals surface area (Å²) in [5.41, 5.74) is 0.632. The number of halogens is 4. The quantitative estimate of drug-likeness (QED) is 0.466. The molecule has 1 N–H and O–H groups in total. The predicted molar refractivity (Wildman–Crippen MR) is 104 cm³/mol. The Labute approximate surface area is 176 Å². The molecule has 0 fully saturated rings. The molecule has 11 heteroatoms. The van der Waals surface area contributed by atoms with Crippen LogP contribution in [0.2, 0.25) is 0 Å². The van der Waals surface area contributed by atoms with Gasteiger partial charge in [0.25, 0.3) is 0 Å². The van der Waals surface area contributed by atoms with E-state index in [0.717, 1.165) is 12.1 Å². The highest BCUT2D eigenvalue weighted by Crippen LogP contribution is 2.31. The van der Waals surface area contributed by atoms with Gasteiger partial charge < -0.3 is 19.5 Å². The molecule has 0 radical (unpaired) electrons. The van der Waals surface area contributed by atoms with Gasteiger partial charge in [-0.15, -0.1) is 13.2 Å². The van der Waals surface area contributed by atoms with Crippen LogP contribution in [-0.2, 0) is 4.74 Å². The van der Waals surface area contributed by atoms with Crippen molar-refractivity contribution in [1.29, 1.82) is 0 Å². The molecule has 1 aromatic heterocycles. The second-order valence-electron chi connectivity index (χ2n) is 5.63. The van der Waals surface area contributed by atoms with Crippen molar-refractivity contribution in [3.63, 3.8) is 0 Å². The molecule has 0 unspecified atom stereocenters. The lowest BCUT2D eigenvalue weighted by atomic mass is 10.2. The number of methoxy groups -OCH3 is 1. The summed E-state index contributed by atoms with van der Waals surface area (Å²) in [4.78, 5) is 20.2. The van der Waals surface area contributed by atoms with E-state index in [0.29, 0.717) is 10.2 Å². The fourth-order valence-electron chi connectivity index (χ4n) is 2.29. The Balaban J connectivity index is 1.79. The second kappa shape index (κ2) is 8.99. The number of rotatable bonds is 6. The minimum atomic E-state index is -4.77. The molecular weight excluding hydrogens is 471 g/mol. The van der Waals surface area contributed by atoms with E-state index in [1.165, 1.54) is 25.4 Å². The zero-order valence-corrected chi connectivity index (χ0v) is 16.8. The van der Waals surface area contributed by atoms with Crippen LogP contribution in [0.3, 0.4) is 0 Å². The predicted octanol–water partition coefficient (Wildman–Crippen LogP) is 5.46. The molecule has 0 aliphatic carbocycles. The molecular formula is C19H13BrF3N3O4. The van der Waals surface area contributed by atoms with Crippen LogP contribution in [0, 0.1) is 0 Å². The van der Waals surface area contributed by atoms with Gasteiger partial charge in [0.2, 0.25) is 11.8 Å². The Bertz CT molecular complexity index is 1050. The van der Waals surface area contributed by atoms with E-state index in [1.54, 1.807) is 24.3 Å².